The lowest BCUT2D eigenvalue weighted by molar-refractivity contribution is -0.119. The summed E-state index contributed by atoms with van der Waals surface area (Å²) in [5.74, 6) is -0.982. The average Bonchev–Trinajstić information content (AvgIpc) is 2.61. The lowest BCUT2D eigenvalue weighted by Crippen LogP contribution is -2.21. The number of ether oxygens (including phenoxy) is 1. The third kappa shape index (κ3) is 5.76. The lowest BCUT2D eigenvalue weighted by Gasteiger charge is -2.11. The molecule has 0 bridgehead atoms. The number of ketones is 1. The van der Waals surface area contributed by atoms with Gasteiger partial charge in [0.15, 0.2) is 6.61 Å². The highest BCUT2D eigenvalue weighted by Crippen LogP contribution is 2.29. The van der Waals surface area contributed by atoms with Crippen LogP contribution >= 0.6 is 35.0 Å². The van der Waals surface area contributed by atoms with Crippen LogP contribution in [-0.4, -0.2) is 30.0 Å². The van der Waals surface area contributed by atoms with Gasteiger partial charge in [0.25, 0.3) is 5.91 Å². The van der Waals surface area contributed by atoms with Gasteiger partial charge in [-0.3, -0.25) is 9.59 Å². The minimum absolute atomic E-state index is 0.00540. The summed E-state index contributed by atoms with van der Waals surface area (Å²) in [6.45, 7) is 0.976. The number of Topliss-reactive ketones (excluding diaryl/α,β-unsaturated/α-hetero) is 1. The molecule has 136 valence electrons. The standard InChI is InChI=1S/C18H15Cl2NO4S/c1-11(22)10-26-15-8-3-2-5-12(15)18(24)25-9-16(23)21-17-13(19)6-4-7-14(17)20/h2-8H,9-10H2,1H3,(H,21,23). The van der Waals surface area contributed by atoms with Gasteiger partial charge in [-0.1, -0.05) is 41.4 Å². The van der Waals surface area contributed by atoms with Crippen molar-refractivity contribution in [3.05, 3.63) is 58.1 Å². The first-order valence-corrected chi connectivity index (χ1v) is 9.25. The predicted molar refractivity (Wildman–Crippen MR) is 103 cm³/mol. The van der Waals surface area contributed by atoms with Crippen molar-refractivity contribution in [1.29, 1.82) is 0 Å². The van der Waals surface area contributed by atoms with E-state index in [0.717, 1.165) is 0 Å². The highest BCUT2D eigenvalue weighted by atomic mass is 35.5. The van der Waals surface area contributed by atoms with Crippen LogP contribution in [0.5, 0.6) is 0 Å². The Kier molecular flexibility index (Phi) is 7.50. The fourth-order valence-electron chi connectivity index (χ4n) is 1.94. The van der Waals surface area contributed by atoms with E-state index in [1.165, 1.54) is 18.7 Å². The van der Waals surface area contributed by atoms with Crippen LogP contribution in [-0.2, 0) is 14.3 Å². The van der Waals surface area contributed by atoms with E-state index in [1.54, 1.807) is 42.5 Å². The smallest absolute Gasteiger partial charge is 0.339 e. The maximum atomic E-state index is 12.2. The van der Waals surface area contributed by atoms with Crippen molar-refractivity contribution in [1.82, 2.24) is 0 Å². The molecule has 5 nitrogen and oxygen atoms in total. The summed E-state index contributed by atoms with van der Waals surface area (Å²) in [4.78, 5) is 36.0. The number of nitrogens with one attached hydrogen (secondary N) is 1. The quantitative estimate of drug-likeness (QED) is 0.537. The molecule has 0 saturated carbocycles. The van der Waals surface area contributed by atoms with Crippen LogP contribution in [0.25, 0.3) is 0 Å². The molecule has 0 radical (unpaired) electrons. The van der Waals surface area contributed by atoms with Crippen LogP contribution in [0.1, 0.15) is 17.3 Å². The van der Waals surface area contributed by atoms with Crippen molar-refractivity contribution in [3.63, 3.8) is 0 Å². The Bertz CT molecular complexity index is 821. The Balaban J connectivity index is 1.98. The van der Waals surface area contributed by atoms with Crippen LogP contribution in [0, 0.1) is 0 Å². The number of carbonyl (C=O) groups is 3. The molecule has 8 heteroatoms. The van der Waals surface area contributed by atoms with Crippen molar-refractivity contribution >= 4 is 58.3 Å². The molecule has 0 heterocycles. The second-order valence-corrected chi connectivity index (χ2v) is 7.04. The van der Waals surface area contributed by atoms with Crippen LogP contribution in [0.15, 0.2) is 47.4 Å². The molecule has 0 fully saturated rings. The van der Waals surface area contributed by atoms with Gasteiger partial charge >= 0.3 is 5.97 Å². The summed E-state index contributed by atoms with van der Waals surface area (Å²) in [5, 5.41) is 3.07. The molecule has 2 aromatic rings. The SMILES string of the molecule is CC(=O)CSc1ccccc1C(=O)OCC(=O)Nc1c(Cl)cccc1Cl. The van der Waals surface area contributed by atoms with Gasteiger partial charge in [-0.15, -0.1) is 11.8 Å². The van der Waals surface area contributed by atoms with Gasteiger partial charge in [0.1, 0.15) is 5.78 Å². The third-order valence-electron chi connectivity index (χ3n) is 3.10. The fourth-order valence-corrected chi connectivity index (χ4v) is 3.27. The number of rotatable bonds is 7. The zero-order valence-electron chi connectivity index (χ0n) is 13.8. The maximum absolute atomic E-state index is 12.2. The number of hydrogen-bond donors (Lipinski definition) is 1. The zero-order valence-corrected chi connectivity index (χ0v) is 16.1. The van der Waals surface area contributed by atoms with Gasteiger partial charge < -0.3 is 10.1 Å². The minimum atomic E-state index is -0.656. The third-order valence-corrected chi connectivity index (χ3v) is 4.95. The number of halogens is 2. The molecule has 2 rings (SSSR count). The van der Waals surface area contributed by atoms with Crippen LogP contribution in [0.4, 0.5) is 5.69 Å². The summed E-state index contributed by atoms with van der Waals surface area (Å²) in [6, 6.07) is 11.5. The zero-order chi connectivity index (χ0) is 19.1. The average molecular weight is 412 g/mol. The van der Waals surface area contributed by atoms with E-state index < -0.39 is 18.5 Å². The molecule has 1 N–H and O–H groups in total. The number of amides is 1. The molecule has 2 aromatic carbocycles. The molecule has 1 amide bonds. The molecule has 26 heavy (non-hydrogen) atoms. The van der Waals surface area contributed by atoms with E-state index in [2.05, 4.69) is 5.32 Å². The normalized spacial score (nSPS) is 10.3. The first-order chi connectivity index (χ1) is 12.4. The van der Waals surface area contributed by atoms with Crippen LogP contribution in [0.2, 0.25) is 10.0 Å². The molecule has 0 aromatic heterocycles. The molecule has 0 atom stereocenters. The van der Waals surface area contributed by atoms with Crippen molar-refractivity contribution in [2.24, 2.45) is 0 Å². The molecule has 0 unspecified atom stereocenters. The second kappa shape index (κ2) is 9.62. The second-order valence-electron chi connectivity index (χ2n) is 5.21. The first-order valence-electron chi connectivity index (χ1n) is 7.50. The van der Waals surface area contributed by atoms with Gasteiger partial charge in [0.05, 0.1) is 27.0 Å². The monoisotopic (exact) mass is 411 g/mol. The summed E-state index contributed by atoms with van der Waals surface area (Å²) in [7, 11) is 0. The summed E-state index contributed by atoms with van der Waals surface area (Å²) < 4.78 is 5.05. The van der Waals surface area contributed by atoms with Crippen molar-refractivity contribution < 1.29 is 19.1 Å². The predicted octanol–water partition coefficient (Wildman–Crippen LogP) is 4.47. The number of hydrogen-bond acceptors (Lipinski definition) is 5. The first kappa shape index (κ1) is 20.3. The molecule has 0 aliphatic rings. The van der Waals surface area contributed by atoms with Crippen molar-refractivity contribution in [2.45, 2.75) is 11.8 Å². The highest BCUT2D eigenvalue weighted by molar-refractivity contribution is 8.00. The van der Waals surface area contributed by atoms with Crippen molar-refractivity contribution in [2.75, 3.05) is 17.7 Å². The van der Waals surface area contributed by atoms with Crippen LogP contribution < -0.4 is 5.32 Å². The Morgan fingerprint density at radius 1 is 1.04 bits per heavy atom. The molecular weight excluding hydrogens is 397 g/mol. The number of anilines is 1. The molecule has 0 spiro atoms. The van der Waals surface area contributed by atoms with E-state index in [-0.39, 0.29) is 27.3 Å². The Morgan fingerprint density at radius 2 is 1.69 bits per heavy atom. The number of para-hydroxylation sites is 1. The van der Waals surface area contributed by atoms with Crippen molar-refractivity contribution in [3.8, 4) is 0 Å². The minimum Gasteiger partial charge on any atom is -0.452 e. The van der Waals surface area contributed by atoms with E-state index >= 15 is 0 Å². The van der Waals surface area contributed by atoms with Gasteiger partial charge in [0.2, 0.25) is 0 Å². The molecular formula is C18H15Cl2NO4S. The van der Waals surface area contributed by atoms with E-state index in [0.29, 0.717) is 10.5 Å². The molecule has 0 saturated heterocycles. The van der Waals surface area contributed by atoms with E-state index in [4.69, 9.17) is 27.9 Å². The van der Waals surface area contributed by atoms with Crippen LogP contribution in [0.3, 0.4) is 0 Å². The lowest BCUT2D eigenvalue weighted by atomic mass is 10.2. The van der Waals surface area contributed by atoms with Gasteiger partial charge in [-0.25, -0.2) is 4.79 Å². The maximum Gasteiger partial charge on any atom is 0.339 e. The summed E-state index contributed by atoms with van der Waals surface area (Å²) in [5.41, 5.74) is 0.552. The number of benzene rings is 2. The topological polar surface area (TPSA) is 72.5 Å². The van der Waals surface area contributed by atoms with Gasteiger partial charge in [-0.05, 0) is 31.2 Å². The Hall–Kier alpha value is -2.02. The fraction of sp³-hybridized carbons (Fsp3) is 0.167. The molecule has 0 aliphatic carbocycles. The number of esters is 1. The molecule has 0 aliphatic heterocycles. The summed E-state index contributed by atoms with van der Waals surface area (Å²) in [6.07, 6.45) is 0. The van der Waals surface area contributed by atoms with E-state index in [9.17, 15) is 14.4 Å². The van der Waals surface area contributed by atoms with Gasteiger partial charge in [-0.2, -0.15) is 0 Å². The summed E-state index contributed by atoms with van der Waals surface area (Å²) >= 11 is 13.2. The van der Waals surface area contributed by atoms with E-state index in [1.807, 2.05) is 0 Å². The largest absolute Gasteiger partial charge is 0.452 e. The Labute approximate surface area is 165 Å². The highest BCUT2D eigenvalue weighted by Gasteiger charge is 2.16. The number of thioether (sulfide) groups is 1. The van der Waals surface area contributed by atoms with Gasteiger partial charge in [0, 0.05) is 4.90 Å². The number of carbonyl (C=O) groups excluding carboxylic acids is 3. The Morgan fingerprint density at radius 3 is 2.35 bits per heavy atom.